The Morgan fingerprint density at radius 2 is 1.88 bits per heavy atom. The summed E-state index contributed by atoms with van der Waals surface area (Å²) in [6, 6.07) is 15.8. The van der Waals surface area contributed by atoms with Crippen LogP contribution in [0, 0.1) is 17.0 Å². The number of fused-ring (bicyclic) bond motifs is 1. The van der Waals surface area contributed by atoms with Crippen LogP contribution in [0.4, 0.5) is 5.69 Å². The smallest absolute Gasteiger partial charge is 0.326 e. The molecule has 3 rings (SSSR count). The number of carbonyl (C=O) groups excluding carboxylic acids is 1. The third kappa shape index (κ3) is 3.27. The van der Waals surface area contributed by atoms with Crippen molar-refractivity contribution in [2.24, 2.45) is 0 Å². The van der Waals surface area contributed by atoms with Gasteiger partial charge in [-0.25, -0.2) is 0 Å². The van der Waals surface area contributed by atoms with Crippen LogP contribution >= 0.6 is 0 Å². The summed E-state index contributed by atoms with van der Waals surface area (Å²) in [6.45, 7) is 2.17. The average molecular weight is 324 g/mol. The molecule has 0 aliphatic heterocycles. The predicted octanol–water partition coefficient (Wildman–Crippen LogP) is 3.60. The zero-order valence-corrected chi connectivity index (χ0v) is 13.1. The van der Waals surface area contributed by atoms with Crippen LogP contribution in [0.2, 0.25) is 0 Å². The molecule has 0 fully saturated rings. The van der Waals surface area contributed by atoms with Gasteiger partial charge in [-0.3, -0.25) is 14.9 Å². The van der Waals surface area contributed by atoms with Gasteiger partial charge in [0.05, 0.1) is 4.92 Å². The van der Waals surface area contributed by atoms with Gasteiger partial charge in [0, 0.05) is 23.3 Å². The van der Waals surface area contributed by atoms with E-state index in [1.165, 1.54) is 12.1 Å². The third-order valence-corrected chi connectivity index (χ3v) is 3.85. The molecule has 0 N–H and O–H groups in total. The number of benzene rings is 2. The summed E-state index contributed by atoms with van der Waals surface area (Å²) in [4.78, 5) is 22.3. The van der Waals surface area contributed by atoms with Crippen LogP contribution < -0.4 is 0 Å². The molecule has 0 radical (unpaired) electrons. The number of hydrogen-bond acceptors (Lipinski definition) is 4. The first-order valence-corrected chi connectivity index (χ1v) is 7.48. The maximum absolute atomic E-state index is 12.1. The molecule has 0 amide bonds. The van der Waals surface area contributed by atoms with E-state index in [4.69, 9.17) is 4.74 Å². The number of nitro groups is 1. The summed E-state index contributed by atoms with van der Waals surface area (Å²) >= 11 is 0. The van der Waals surface area contributed by atoms with E-state index in [-0.39, 0.29) is 24.8 Å². The van der Waals surface area contributed by atoms with Gasteiger partial charge >= 0.3 is 5.97 Å². The number of rotatable bonds is 5. The highest BCUT2D eigenvalue weighted by molar-refractivity contribution is 5.83. The molecule has 1 heterocycles. The van der Waals surface area contributed by atoms with Crippen molar-refractivity contribution in [2.45, 2.75) is 20.1 Å². The zero-order valence-electron chi connectivity index (χ0n) is 13.1. The van der Waals surface area contributed by atoms with E-state index in [0.717, 1.165) is 16.6 Å². The molecule has 6 heteroatoms. The molecule has 0 spiro atoms. The maximum atomic E-state index is 12.1. The molecule has 24 heavy (non-hydrogen) atoms. The Morgan fingerprint density at radius 3 is 2.58 bits per heavy atom. The predicted molar refractivity (Wildman–Crippen MR) is 89.6 cm³/mol. The van der Waals surface area contributed by atoms with E-state index in [9.17, 15) is 14.9 Å². The number of aromatic nitrogens is 1. The van der Waals surface area contributed by atoms with Crippen LogP contribution in [0.15, 0.2) is 54.6 Å². The highest BCUT2D eigenvalue weighted by Gasteiger charge is 2.11. The number of para-hydroxylation sites is 1. The van der Waals surface area contributed by atoms with Crippen LogP contribution in [-0.2, 0) is 22.7 Å². The minimum absolute atomic E-state index is 0.0134. The molecule has 6 nitrogen and oxygen atoms in total. The highest BCUT2D eigenvalue weighted by Crippen LogP contribution is 2.19. The number of esters is 1. The molecule has 3 aromatic rings. The van der Waals surface area contributed by atoms with Crippen LogP contribution in [0.25, 0.3) is 10.9 Å². The van der Waals surface area contributed by atoms with Crippen molar-refractivity contribution < 1.29 is 14.5 Å². The van der Waals surface area contributed by atoms with Crippen LogP contribution in [0.1, 0.15) is 11.3 Å². The standard InChI is InChI=1S/C18H16N2O4/c1-13-10-15-4-2-3-5-17(15)19(13)11-18(21)24-12-14-6-8-16(9-7-14)20(22)23/h2-10H,11-12H2,1H3. The average Bonchev–Trinajstić information content (AvgIpc) is 2.89. The second-order valence-corrected chi connectivity index (χ2v) is 5.51. The minimum atomic E-state index is -0.463. The van der Waals surface area contributed by atoms with E-state index < -0.39 is 4.92 Å². The molecule has 0 unspecified atom stereocenters. The van der Waals surface area contributed by atoms with Gasteiger partial charge in [-0.2, -0.15) is 0 Å². The summed E-state index contributed by atoms with van der Waals surface area (Å²) < 4.78 is 7.19. The van der Waals surface area contributed by atoms with Gasteiger partial charge in [0.1, 0.15) is 13.2 Å². The van der Waals surface area contributed by atoms with Gasteiger partial charge in [0.25, 0.3) is 5.69 Å². The van der Waals surface area contributed by atoms with Crippen molar-refractivity contribution in [1.29, 1.82) is 0 Å². The van der Waals surface area contributed by atoms with Gasteiger partial charge < -0.3 is 9.30 Å². The number of carbonyl (C=O) groups is 1. The number of non-ortho nitro benzene ring substituents is 1. The quantitative estimate of drug-likeness (QED) is 0.408. The van der Waals surface area contributed by atoms with E-state index in [0.29, 0.717) is 5.56 Å². The van der Waals surface area contributed by atoms with Gasteiger partial charge in [0.15, 0.2) is 0 Å². The molecular weight excluding hydrogens is 308 g/mol. The summed E-state index contributed by atoms with van der Waals surface area (Å²) in [5.41, 5.74) is 2.70. The van der Waals surface area contributed by atoms with Crippen molar-refractivity contribution in [2.75, 3.05) is 0 Å². The van der Waals surface area contributed by atoms with E-state index in [1.54, 1.807) is 12.1 Å². The van der Waals surface area contributed by atoms with E-state index in [2.05, 4.69) is 0 Å². The van der Waals surface area contributed by atoms with Crippen molar-refractivity contribution in [1.82, 2.24) is 4.57 Å². The van der Waals surface area contributed by atoms with Crippen molar-refractivity contribution >= 4 is 22.6 Å². The van der Waals surface area contributed by atoms with Crippen molar-refractivity contribution in [3.05, 3.63) is 76.0 Å². The number of aryl methyl sites for hydroxylation is 1. The summed E-state index contributed by atoms with van der Waals surface area (Å²) in [5.74, 6) is -0.349. The monoisotopic (exact) mass is 324 g/mol. The lowest BCUT2D eigenvalue weighted by Gasteiger charge is -2.09. The number of hydrogen-bond donors (Lipinski definition) is 0. The fraction of sp³-hybridized carbons (Fsp3) is 0.167. The van der Waals surface area contributed by atoms with Gasteiger partial charge in [0.2, 0.25) is 0 Å². The fourth-order valence-corrected chi connectivity index (χ4v) is 2.61. The SMILES string of the molecule is Cc1cc2ccccc2n1CC(=O)OCc1ccc([N+](=O)[O-])cc1. The molecule has 0 saturated heterocycles. The second-order valence-electron chi connectivity index (χ2n) is 5.51. The van der Waals surface area contributed by atoms with Crippen LogP contribution in [0.5, 0.6) is 0 Å². The molecule has 0 bridgehead atoms. The first kappa shape index (κ1) is 15.7. The Bertz CT molecular complexity index is 897. The highest BCUT2D eigenvalue weighted by atomic mass is 16.6. The lowest BCUT2D eigenvalue weighted by atomic mass is 10.2. The lowest BCUT2D eigenvalue weighted by molar-refractivity contribution is -0.384. The summed E-state index contributed by atoms with van der Waals surface area (Å²) in [5, 5.41) is 11.7. The second kappa shape index (κ2) is 6.54. The first-order chi connectivity index (χ1) is 11.5. The van der Waals surface area contributed by atoms with Gasteiger partial charge in [-0.15, -0.1) is 0 Å². The lowest BCUT2D eigenvalue weighted by Crippen LogP contribution is -2.14. The third-order valence-electron chi connectivity index (χ3n) is 3.85. The van der Waals surface area contributed by atoms with Crippen LogP contribution in [-0.4, -0.2) is 15.5 Å². The van der Waals surface area contributed by atoms with Gasteiger partial charge in [-0.05, 0) is 42.1 Å². The molecule has 0 aliphatic rings. The molecule has 0 aliphatic carbocycles. The molecule has 122 valence electrons. The molecule has 0 saturated carbocycles. The Balaban J connectivity index is 1.65. The van der Waals surface area contributed by atoms with Crippen molar-refractivity contribution in [3.63, 3.8) is 0 Å². The fourth-order valence-electron chi connectivity index (χ4n) is 2.61. The van der Waals surface area contributed by atoms with E-state index in [1.807, 2.05) is 41.8 Å². The number of nitro benzene ring substituents is 1. The zero-order chi connectivity index (χ0) is 17.1. The topological polar surface area (TPSA) is 74.4 Å². The Labute approximate surface area is 138 Å². The number of ether oxygens (including phenoxy) is 1. The Kier molecular flexibility index (Phi) is 4.29. The van der Waals surface area contributed by atoms with Crippen LogP contribution in [0.3, 0.4) is 0 Å². The Hall–Kier alpha value is -3.15. The van der Waals surface area contributed by atoms with Crippen molar-refractivity contribution in [3.8, 4) is 0 Å². The molecule has 0 atom stereocenters. The molecule has 1 aromatic heterocycles. The first-order valence-electron chi connectivity index (χ1n) is 7.48. The molecule has 2 aromatic carbocycles. The van der Waals surface area contributed by atoms with Gasteiger partial charge in [-0.1, -0.05) is 18.2 Å². The normalized spacial score (nSPS) is 10.7. The summed E-state index contributed by atoms with van der Waals surface area (Å²) in [7, 11) is 0. The number of nitrogens with zero attached hydrogens (tertiary/aromatic N) is 2. The molecular formula is C18H16N2O4. The maximum Gasteiger partial charge on any atom is 0.326 e. The van der Waals surface area contributed by atoms with E-state index >= 15 is 0 Å². The summed E-state index contributed by atoms with van der Waals surface area (Å²) in [6.07, 6.45) is 0. The minimum Gasteiger partial charge on any atom is -0.459 e. The largest absolute Gasteiger partial charge is 0.459 e. The Morgan fingerprint density at radius 1 is 1.17 bits per heavy atom.